The molecule has 132 valence electrons. The standard InChI is InChI=1S/C19H28N2O3/c1-23-17-12-15(13-18(14-17)24-2)19(22)21-10-6-16(7-11-21)20-8-4-3-5-9-20/h12-14,16H,3-11H2,1-2H3. The molecule has 1 amide bonds. The van der Waals surface area contributed by atoms with E-state index >= 15 is 0 Å². The predicted octanol–water partition coefficient (Wildman–Crippen LogP) is 2.79. The minimum Gasteiger partial charge on any atom is -0.497 e. The number of carbonyl (C=O) groups excluding carboxylic acids is 1. The molecule has 0 radical (unpaired) electrons. The number of nitrogens with zero attached hydrogens (tertiary/aromatic N) is 2. The zero-order chi connectivity index (χ0) is 16.9. The molecule has 0 spiro atoms. The summed E-state index contributed by atoms with van der Waals surface area (Å²) >= 11 is 0. The quantitative estimate of drug-likeness (QED) is 0.850. The summed E-state index contributed by atoms with van der Waals surface area (Å²) in [5.74, 6) is 1.38. The topological polar surface area (TPSA) is 42.0 Å². The maximum absolute atomic E-state index is 12.8. The van der Waals surface area contributed by atoms with Gasteiger partial charge in [-0.1, -0.05) is 6.42 Å². The largest absolute Gasteiger partial charge is 0.497 e. The SMILES string of the molecule is COc1cc(OC)cc(C(=O)N2CCC(N3CCCCC3)CC2)c1. The fraction of sp³-hybridized carbons (Fsp3) is 0.632. The first-order valence-electron chi connectivity index (χ1n) is 8.97. The molecule has 2 saturated heterocycles. The summed E-state index contributed by atoms with van der Waals surface area (Å²) in [7, 11) is 3.21. The number of likely N-dealkylation sites (tertiary alicyclic amines) is 2. The molecule has 0 aliphatic carbocycles. The Kier molecular flexibility index (Phi) is 5.61. The Balaban J connectivity index is 1.62. The van der Waals surface area contributed by atoms with Gasteiger partial charge in [-0.2, -0.15) is 0 Å². The van der Waals surface area contributed by atoms with E-state index < -0.39 is 0 Å². The number of carbonyl (C=O) groups is 1. The number of ether oxygens (including phenoxy) is 2. The first-order valence-corrected chi connectivity index (χ1v) is 8.97. The number of benzene rings is 1. The highest BCUT2D eigenvalue weighted by Gasteiger charge is 2.28. The third-order valence-corrected chi connectivity index (χ3v) is 5.26. The van der Waals surface area contributed by atoms with Crippen molar-refractivity contribution in [1.82, 2.24) is 9.80 Å². The van der Waals surface area contributed by atoms with Gasteiger partial charge in [0, 0.05) is 30.8 Å². The highest BCUT2D eigenvalue weighted by molar-refractivity contribution is 5.95. The Morgan fingerprint density at radius 3 is 2.04 bits per heavy atom. The van der Waals surface area contributed by atoms with Crippen molar-refractivity contribution in [1.29, 1.82) is 0 Å². The van der Waals surface area contributed by atoms with E-state index in [9.17, 15) is 4.79 Å². The molecule has 5 nitrogen and oxygen atoms in total. The minimum absolute atomic E-state index is 0.0734. The van der Waals surface area contributed by atoms with Crippen molar-refractivity contribution in [3.8, 4) is 11.5 Å². The van der Waals surface area contributed by atoms with Gasteiger partial charge in [-0.3, -0.25) is 4.79 Å². The lowest BCUT2D eigenvalue weighted by Crippen LogP contribution is -2.48. The highest BCUT2D eigenvalue weighted by atomic mass is 16.5. The number of hydrogen-bond donors (Lipinski definition) is 0. The molecule has 2 aliphatic heterocycles. The van der Waals surface area contributed by atoms with Crippen LogP contribution in [0.3, 0.4) is 0 Å². The average Bonchev–Trinajstić information content (AvgIpc) is 2.67. The monoisotopic (exact) mass is 332 g/mol. The van der Waals surface area contributed by atoms with Crippen LogP contribution < -0.4 is 9.47 Å². The first-order chi connectivity index (χ1) is 11.7. The molecule has 3 rings (SSSR count). The Hall–Kier alpha value is -1.75. The highest BCUT2D eigenvalue weighted by Crippen LogP contribution is 2.26. The summed E-state index contributed by atoms with van der Waals surface area (Å²) in [6, 6.07) is 6.02. The zero-order valence-electron chi connectivity index (χ0n) is 14.8. The smallest absolute Gasteiger partial charge is 0.254 e. The van der Waals surface area contributed by atoms with Crippen LogP contribution in [0.1, 0.15) is 42.5 Å². The molecule has 24 heavy (non-hydrogen) atoms. The van der Waals surface area contributed by atoms with Gasteiger partial charge in [0.1, 0.15) is 11.5 Å². The summed E-state index contributed by atoms with van der Waals surface area (Å²) in [6.45, 7) is 4.12. The molecule has 2 fully saturated rings. The van der Waals surface area contributed by atoms with Crippen molar-refractivity contribution >= 4 is 5.91 Å². The Bertz CT molecular complexity index is 539. The number of amides is 1. The van der Waals surface area contributed by atoms with E-state index in [-0.39, 0.29) is 5.91 Å². The van der Waals surface area contributed by atoms with E-state index in [2.05, 4.69) is 4.90 Å². The fourth-order valence-electron chi connectivity index (χ4n) is 3.83. The summed E-state index contributed by atoms with van der Waals surface area (Å²) in [5.41, 5.74) is 0.641. The van der Waals surface area contributed by atoms with Gasteiger partial charge >= 0.3 is 0 Å². The molecule has 0 unspecified atom stereocenters. The predicted molar refractivity (Wildman–Crippen MR) is 93.9 cm³/mol. The van der Waals surface area contributed by atoms with Crippen LogP contribution in [0, 0.1) is 0 Å². The van der Waals surface area contributed by atoms with Crippen molar-refractivity contribution in [2.24, 2.45) is 0 Å². The summed E-state index contributed by atoms with van der Waals surface area (Å²) < 4.78 is 10.5. The first kappa shape index (κ1) is 17.1. The molecular formula is C19H28N2O3. The number of hydrogen-bond acceptors (Lipinski definition) is 4. The second-order valence-electron chi connectivity index (χ2n) is 6.72. The van der Waals surface area contributed by atoms with E-state index in [4.69, 9.17) is 9.47 Å². The van der Waals surface area contributed by atoms with Crippen molar-refractivity contribution in [3.63, 3.8) is 0 Å². The molecule has 1 aromatic carbocycles. The maximum Gasteiger partial charge on any atom is 0.254 e. The van der Waals surface area contributed by atoms with Gasteiger partial charge in [0.15, 0.2) is 0 Å². The lowest BCUT2D eigenvalue weighted by molar-refractivity contribution is 0.0589. The summed E-state index contributed by atoms with van der Waals surface area (Å²) in [4.78, 5) is 17.4. The molecular weight excluding hydrogens is 304 g/mol. The van der Waals surface area contributed by atoms with Crippen molar-refractivity contribution in [2.45, 2.75) is 38.1 Å². The van der Waals surface area contributed by atoms with Gasteiger partial charge in [0.2, 0.25) is 0 Å². The Labute approximate surface area is 144 Å². The van der Waals surface area contributed by atoms with E-state index in [1.165, 1.54) is 32.4 Å². The van der Waals surface area contributed by atoms with Crippen LogP contribution in [0.15, 0.2) is 18.2 Å². The lowest BCUT2D eigenvalue weighted by atomic mass is 9.99. The van der Waals surface area contributed by atoms with Gasteiger partial charge in [0.05, 0.1) is 14.2 Å². The van der Waals surface area contributed by atoms with Crippen LogP contribution in [-0.2, 0) is 0 Å². The molecule has 0 atom stereocenters. The van der Waals surface area contributed by atoms with Crippen LogP contribution in [0.4, 0.5) is 0 Å². The van der Waals surface area contributed by atoms with Gasteiger partial charge in [0.25, 0.3) is 5.91 Å². The van der Waals surface area contributed by atoms with Crippen LogP contribution in [0.5, 0.6) is 11.5 Å². The summed E-state index contributed by atoms with van der Waals surface area (Å²) in [5, 5.41) is 0. The van der Waals surface area contributed by atoms with Crippen molar-refractivity contribution < 1.29 is 14.3 Å². The Morgan fingerprint density at radius 2 is 1.50 bits per heavy atom. The number of rotatable bonds is 4. The van der Waals surface area contributed by atoms with Gasteiger partial charge in [-0.15, -0.1) is 0 Å². The van der Waals surface area contributed by atoms with Crippen LogP contribution in [0.2, 0.25) is 0 Å². The second kappa shape index (κ2) is 7.88. The van der Waals surface area contributed by atoms with Crippen LogP contribution in [0.25, 0.3) is 0 Å². The normalized spacial score (nSPS) is 20.0. The van der Waals surface area contributed by atoms with Crippen LogP contribution in [-0.4, -0.2) is 62.1 Å². The fourth-order valence-corrected chi connectivity index (χ4v) is 3.83. The molecule has 5 heteroatoms. The average molecular weight is 332 g/mol. The molecule has 2 aliphatic rings. The van der Waals surface area contributed by atoms with Crippen molar-refractivity contribution in [3.05, 3.63) is 23.8 Å². The zero-order valence-corrected chi connectivity index (χ0v) is 14.8. The summed E-state index contributed by atoms with van der Waals surface area (Å²) in [6.07, 6.45) is 6.16. The van der Waals surface area contributed by atoms with Gasteiger partial charge in [-0.05, 0) is 50.9 Å². The lowest BCUT2D eigenvalue weighted by Gasteiger charge is -2.40. The van der Waals surface area contributed by atoms with Crippen molar-refractivity contribution in [2.75, 3.05) is 40.4 Å². The van der Waals surface area contributed by atoms with Gasteiger partial charge in [-0.25, -0.2) is 0 Å². The van der Waals surface area contributed by atoms with Crippen LogP contribution >= 0.6 is 0 Å². The van der Waals surface area contributed by atoms with E-state index in [1.807, 2.05) is 4.90 Å². The molecule has 1 aromatic rings. The molecule has 2 heterocycles. The maximum atomic E-state index is 12.8. The molecule has 0 aromatic heterocycles. The second-order valence-corrected chi connectivity index (χ2v) is 6.72. The molecule has 0 bridgehead atoms. The minimum atomic E-state index is 0.0734. The third kappa shape index (κ3) is 3.83. The number of piperidine rings is 2. The Morgan fingerprint density at radius 1 is 0.917 bits per heavy atom. The van der Waals surface area contributed by atoms with E-state index in [1.54, 1.807) is 32.4 Å². The van der Waals surface area contributed by atoms with E-state index in [0.29, 0.717) is 23.1 Å². The van der Waals surface area contributed by atoms with E-state index in [0.717, 1.165) is 25.9 Å². The van der Waals surface area contributed by atoms with Gasteiger partial charge < -0.3 is 19.3 Å². The number of methoxy groups -OCH3 is 2. The third-order valence-electron chi connectivity index (χ3n) is 5.26. The molecule has 0 saturated carbocycles. The molecule has 0 N–H and O–H groups in total.